The fraction of sp³-hybridized carbons (Fsp3) is 0.533. The lowest BCUT2D eigenvalue weighted by Crippen LogP contribution is -2.37. The van der Waals surface area contributed by atoms with Crippen LogP contribution in [0.5, 0.6) is 0 Å². The summed E-state index contributed by atoms with van der Waals surface area (Å²) in [5, 5.41) is 0. The highest BCUT2D eigenvalue weighted by molar-refractivity contribution is 5.93. The molecule has 1 rings (SSSR count). The molecule has 2 nitrogen and oxygen atoms in total. The molecule has 1 aromatic rings. The highest BCUT2D eigenvalue weighted by Gasteiger charge is 2.21. The number of halogens is 1. The summed E-state index contributed by atoms with van der Waals surface area (Å²) in [6.07, 6.45) is 1.29. The predicted octanol–water partition coefficient (Wildman–Crippen LogP) is 4.00. The first-order chi connectivity index (χ1) is 8.43. The minimum absolute atomic E-state index is 0.0104. The van der Waals surface area contributed by atoms with Gasteiger partial charge < -0.3 is 4.90 Å². The van der Waals surface area contributed by atoms with Gasteiger partial charge in [0.05, 0.1) is 5.69 Å². The normalized spacial score (nSPS) is 11.1. The molecule has 1 amide bonds. The summed E-state index contributed by atoms with van der Waals surface area (Å²) in [5.41, 5.74) is 0.376. The first kappa shape index (κ1) is 14.7. The zero-order valence-electron chi connectivity index (χ0n) is 11.6. The van der Waals surface area contributed by atoms with E-state index in [4.69, 9.17) is 0 Å². The van der Waals surface area contributed by atoms with E-state index in [1.54, 1.807) is 23.1 Å². The second-order valence-electron chi connectivity index (χ2n) is 5.24. The average molecular weight is 251 g/mol. The van der Waals surface area contributed by atoms with Crippen molar-refractivity contribution in [1.82, 2.24) is 0 Å². The molecule has 0 aliphatic heterocycles. The molecule has 100 valence electrons. The van der Waals surface area contributed by atoms with Gasteiger partial charge in [0, 0.05) is 12.5 Å². The van der Waals surface area contributed by atoms with Gasteiger partial charge in [0.15, 0.2) is 0 Å². The van der Waals surface area contributed by atoms with Gasteiger partial charge in [-0.1, -0.05) is 26.0 Å². The van der Waals surface area contributed by atoms with Gasteiger partial charge >= 0.3 is 0 Å². The lowest BCUT2D eigenvalue weighted by Gasteiger charge is -2.27. The molecule has 1 aromatic carbocycles. The van der Waals surface area contributed by atoms with Gasteiger partial charge in [-0.2, -0.15) is 0 Å². The fourth-order valence-electron chi connectivity index (χ4n) is 1.88. The van der Waals surface area contributed by atoms with Gasteiger partial charge in [-0.05, 0) is 38.3 Å². The SMILES string of the molecule is CC(C)CCC(=O)N(c1ccccc1F)C(C)C. The Labute approximate surface area is 109 Å². The Kier molecular flexibility index (Phi) is 5.32. The van der Waals surface area contributed by atoms with Crippen molar-refractivity contribution in [3.05, 3.63) is 30.1 Å². The molecule has 0 spiro atoms. The maximum atomic E-state index is 13.8. The molecule has 3 heteroatoms. The van der Waals surface area contributed by atoms with Crippen molar-refractivity contribution >= 4 is 11.6 Å². The highest BCUT2D eigenvalue weighted by Crippen LogP contribution is 2.22. The number of nitrogens with zero attached hydrogens (tertiary/aromatic N) is 1. The van der Waals surface area contributed by atoms with E-state index in [0.29, 0.717) is 18.0 Å². The van der Waals surface area contributed by atoms with Crippen LogP contribution in [-0.4, -0.2) is 11.9 Å². The first-order valence-electron chi connectivity index (χ1n) is 6.50. The van der Waals surface area contributed by atoms with Gasteiger partial charge in [0.2, 0.25) is 5.91 Å². The number of amides is 1. The maximum Gasteiger partial charge on any atom is 0.227 e. The third kappa shape index (κ3) is 3.83. The molecule has 0 saturated carbocycles. The molecule has 0 unspecified atom stereocenters. The van der Waals surface area contributed by atoms with E-state index < -0.39 is 0 Å². The monoisotopic (exact) mass is 251 g/mol. The Morgan fingerprint density at radius 1 is 1.22 bits per heavy atom. The topological polar surface area (TPSA) is 20.3 Å². The molecule has 0 aromatic heterocycles. The Morgan fingerprint density at radius 3 is 2.33 bits per heavy atom. The molecule has 0 aliphatic carbocycles. The summed E-state index contributed by atoms with van der Waals surface area (Å²) < 4.78 is 13.8. The van der Waals surface area contributed by atoms with Crippen LogP contribution >= 0.6 is 0 Å². The van der Waals surface area contributed by atoms with Crippen molar-refractivity contribution in [2.24, 2.45) is 5.92 Å². The zero-order valence-corrected chi connectivity index (χ0v) is 11.6. The first-order valence-corrected chi connectivity index (χ1v) is 6.50. The summed E-state index contributed by atoms with van der Waals surface area (Å²) in [7, 11) is 0. The van der Waals surface area contributed by atoms with Gasteiger partial charge in [-0.3, -0.25) is 4.79 Å². The summed E-state index contributed by atoms with van der Waals surface area (Å²) in [4.78, 5) is 13.8. The van der Waals surface area contributed by atoms with E-state index in [-0.39, 0.29) is 17.8 Å². The summed E-state index contributed by atoms with van der Waals surface area (Å²) in [5.74, 6) is 0.122. The molecule has 0 N–H and O–H groups in total. The number of hydrogen-bond acceptors (Lipinski definition) is 1. The Morgan fingerprint density at radius 2 is 1.83 bits per heavy atom. The highest BCUT2D eigenvalue weighted by atomic mass is 19.1. The lowest BCUT2D eigenvalue weighted by molar-refractivity contribution is -0.119. The lowest BCUT2D eigenvalue weighted by atomic mass is 10.1. The third-order valence-corrected chi connectivity index (χ3v) is 2.83. The van der Waals surface area contributed by atoms with Crippen LogP contribution in [0.4, 0.5) is 10.1 Å². The summed E-state index contributed by atoms with van der Waals surface area (Å²) in [6.45, 7) is 7.96. The van der Waals surface area contributed by atoms with Crippen LogP contribution in [0, 0.1) is 11.7 Å². The number of hydrogen-bond donors (Lipinski definition) is 0. The predicted molar refractivity (Wildman–Crippen MR) is 73.1 cm³/mol. The van der Waals surface area contributed by atoms with Crippen molar-refractivity contribution < 1.29 is 9.18 Å². The zero-order chi connectivity index (χ0) is 13.7. The van der Waals surface area contributed by atoms with Crippen LogP contribution in [-0.2, 0) is 4.79 Å². The third-order valence-electron chi connectivity index (χ3n) is 2.83. The maximum absolute atomic E-state index is 13.8. The minimum Gasteiger partial charge on any atom is -0.307 e. The molecule has 0 radical (unpaired) electrons. The number of benzene rings is 1. The Hall–Kier alpha value is -1.38. The fourth-order valence-corrected chi connectivity index (χ4v) is 1.88. The van der Waals surface area contributed by atoms with E-state index in [1.807, 2.05) is 13.8 Å². The van der Waals surface area contributed by atoms with Crippen LogP contribution in [0.3, 0.4) is 0 Å². The number of carbonyl (C=O) groups is 1. The average Bonchev–Trinajstić information content (AvgIpc) is 2.29. The van der Waals surface area contributed by atoms with E-state index in [2.05, 4.69) is 13.8 Å². The molecule has 0 bridgehead atoms. The molecular formula is C15H22FNO. The van der Waals surface area contributed by atoms with Crippen molar-refractivity contribution in [1.29, 1.82) is 0 Å². The van der Waals surface area contributed by atoms with Gasteiger partial charge in [-0.25, -0.2) is 4.39 Å². The van der Waals surface area contributed by atoms with E-state index in [9.17, 15) is 9.18 Å². The second kappa shape index (κ2) is 6.53. The van der Waals surface area contributed by atoms with E-state index in [0.717, 1.165) is 6.42 Å². The molecule has 0 aliphatic rings. The van der Waals surface area contributed by atoms with Gasteiger partial charge in [-0.15, -0.1) is 0 Å². The molecule has 18 heavy (non-hydrogen) atoms. The smallest absolute Gasteiger partial charge is 0.227 e. The van der Waals surface area contributed by atoms with Crippen molar-refractivity contribution in [2.75, 3.05) is 4.90 Å². The van der Waals surface area contributed by atoms with Gasteiger partial charge in [0.1, 0.15) is 5.82 Å². The van der Waals surface area contributed by atoms with Crippen molar-refractivity contribution in [3.8, 4) is 0 Å². The quantitative estimate of drug-likeness (QED) is 0.774. The standard InChI is InChI=1S/C15H22FNO/c1-11(2)9-10-15(18)17(12(3)4)14-8-6-5-7-13(14)16/h5-8,11-12H,9-10H2,1-4H3. The Bertz CT molecular complexity index is 401. The molecule has 0 saturated heterocycles. The molecule has 0 atom stereocenters. The Balaban J connectivity index is 2.90. The largest absolute Gasteiger partial charge is 0.307 e. The number of anilines is 1. The van der Waals surface area contributed by atoms with Crippen LogP contribution in [0.15, 0.2) is 24.3 Å². The number of carbonyl (C=O) groups excluding carboxylic acids is 1. The summed E-state index contributed by atoms with van der Waals surface area (Å²) >= 11 is 0. The van der Waals surface area contributed by atoms with Crippen molar-refractivity contribution in [3.63, 3.8) is 0 Å². The number of para-hydroxylation sites is 1. The van der Waals surface area contributed by atoms with Crippen LogP contribution in [0.1, 0.15) is 40.5 Å². The van der Waals surface area contributed by atoms with E-state index >= 15 is 0 Å². The minimum atomic E-state index is -0.343. The van der Waals surface area contributed by atoms with Gasteiger partial charge in [0.25, 0.3) is 0 Å². The molecule has 0 heterocycles. The van der Waals surface area contributed by atoms with Crippen LogP contribution in [0.25, 0.3) is 0 Å². The van der Waals surface area contributed by atoms with Crippen molar-refractivity contribution in [2.45, 2.75) is 46.6 Å². The molecule has 0 fully saturated rings. The van der Waals surface area contributed by atoms with Crippen LogP contribution in [0.2, 0.25) is 0 Å². The number of rotatable bonds is 5. The molecular weight excluding hydrogens is 229 g/mol. The summed E-state index contributed by atoms with van der Waals surface area (Å²) in [6, 6.07) is 6.39. The van der Waals surface area contributed by atoms with E-state index in [1.165, 1.54) is 6.07 Å². The van der Waals surface area contributed by atoms with Crippen LogP contribution < -0.4 is 4.90 Å². The second-order valence-corrected chi connectivity index (χ2v) is 5.24.